The topological polar surface area (TPSA) is 24.1 Å². The molecular formula is C20H36N2. The third-order valence-electron chi connectivity index (χ3n) is 3.88. The highest BCUT2D eigenvalue weighted by Crippen LogP contribution is 2.38. The zero-order valence-corrected chi connectivity index (χ0v) is 14.9. The van der Waals surface area contributed by atoms with Crippen molar-refractivity contribution >= 4 is 0 Å². The molecule has 1 aliphatic carbocycles. The molecule has 0 aromatic rings. The van der Waals surface area contributed by atoms with Crippen molar-refractivity contribution < 1.29 is 0 Å². The van der Waals surface area contributed by atoms with Crippen LogP contribution in [0.5, 0.6) is 0 Å². The maximum absolute atomic E-state index is 4.00. The number of nitrogens with one attached hydrogen (secondary N) is 2. The Morgan fingerprint density at radius 3 is 2.18 bits per heavy atom. The summed E-state index contributed by atoms with van der Waals surface area (Å²) >= 11 is 0. The Bertz CT molecular complexity index is 307. The van der Waals surface area contributed by atoms with E-state index >= 15 is 0 Å². The summed E-state index contributed by atoms with van der Waals surface area (Å²) in [5, 5.41) is 6.16. The summed E-state index contributed by atoms with van der Waals surface area (Å²) in [5.41, 5.74) is 0.633. The molecule has 0 radical (unpaired) electrons. The minimum absolute atomic E-state index is 0.633. The Kier molecular flexibility index (Phi) is 18.2. The average Bonchev–Trinajstić information content (AvgIpc) is 2.72. The second kappa shape index (κ2) is 17.6. The van der Waals surface area contributed by atoms with Gasteiger partial charge in [-0.3, -0.25) is 0 Å². The highest BCUT2D eigenvalue weighted by molar-refractivity contribution is 5.06. The van der Waals surface area contributed by atoms with Gasteiger partial charge in [0.25, 0.3) is 0 Å². The van der Waals surface area contributed by atoms with Crippen LogP contribution < -0.4 is 10.6 Å². The van der Waals surface area contributed by atoms with Crippen LogP contribution in [0.3, 0.4) is 0 Å². The van der Waals surface area contributed by atoms with Gasteiger partial charge < -0.3 is 10.6 Å². The first-order chi connectivity index (χ1) is 10.8. The number of allylic oxidation sites excluding steroid dienone is 4. The molecule has 1 heterocycles. The van der Waals surface area contributed by atoms with E-state index < -0.39 is 0 Å². The van der Waals surface area contributed by atoms with Crippen molar-refractivity contribution in [3.05, 3.63) is 37.1 Å². The molecule has 0 aromatic carbocycles. The summed E-state index contributed by atoms with van der Waals surface area (Å²) in [4.78, 5) is 0. The van der Waals surface area contributed by atoms with Gasteiger partial charge in [-0.25, -0.2) is 0 Å². The lowest BCUT2D eigenvalue weighted by Crippen LogP contribution is -2.36. The summed E-state index contributed by atoms with van der Waals surface area (Å²) in [7, 11) is 1.81. The van der Waals surface area contributed by atoms with E-state index in [0.29, 0.717) is 5.41 Å². The monoisotopic (exact) mass is 304 g/mol. The second-order valence-electron chi connectivity index (χ2n) is 5.20. The Morgan fingerprint density at radius 2 is 1.64 bits per heavy atom. The molecule has 0 saturated carbocycles. The van der Waals surface area contributed by atoms with Crippen LogP contribution in [0.25, 0.3) is 0 Å². The van der Waals surface area contributed by atoms with E-state index in [0.717, 1.165) is 0 Å². The maximum atomic E-state index is 4.00. The van der Waals surface area contributed by atoms with E-state index in [4.69, 9.17) is 0 Å². The number of piperidine rings is 1. The lowest BCUT2D eigenvalue weighted by atomic mass is 9.72. The highest BCUT2D eigenvalue weighted by atomic mass is 14.9. The maximum Gasteiger partial charge on any atom is 0.00275 e. The summed E-state index contributed by atoms with van der Waals surface area (Å²) in [6.45, 7) is 9.82. The summed E-state index contributed by atoms with van der Waals surface area (Å²) in [5.74, 6) is 0. The van der Waals surface area contributed by atoms with Crippen molar-refractivity contribution in [2.45, 2.75) is 52.4 Å². The van der Waals surface area contributed by atoms with Gasteiger partial charge in [-0.15, -0.1) is 12.8 Å². The van der Waals surface area contributed by atoms with E-state index in [9.17, 15) is 0 Å². The van der Waals surface area contributed by atoms with Gasteiger partial charge in [0, 0.05) is 7.05 Å². The van der Waals surface area contributed by atoms with Crippen molar-refractivity contribution in [2.75, 3.05) is 20.1 Å². The third-order valence-corrected chi connectivity index (χ3v) is 3.88. The summed E-state index contributed by atoms with van der Waals surface area (Å²) in [6.07, 6.45) is 26.8. The molecule has 22 heavy (non-hydrogen) atoms. The molecule has 2 rings (SSSR count). The van der Waals surface area contributed by atoms with Crippen LogP contribution in [-0.2, 0) is 0 Å². The van der Waals surface area contributed by atoms with Crippen molar-refractivity contribution in [3.63, 3.8) is 0 Å². The van der Waals surface area contributed by atoms with Gasteiger partial charge in [-0.2, -0.15) is 0 Å². The quantitative estimate of drug-likeness (QED) is 0.688. The SMILES string of the molecule is C#C.C1=C\CCCC2(C\C=C/1)CCNCC2.C=CNC.CC. The molecule has 0 atom stereocenters. The van der Waals surface area contributed by atoms with Crippen LogP contribution in [0.1, 0.15) is 52.4 Å². The zero-order chi connectivity index (χ0) is 17.1. The fourth-order valence-electron chi connectivity index (χ4n) is 2.68. The van der Waals surface area contributed by atoms with Crippen molar-refractivity contribution in [3.8, 4) is 12.8 Å². The smallest absolute Gasteiger partial charge is 0.00275 e. The molecule has 0 aromatic heterocycles. The Hall–Kier alpha value is -1.46. The van der Waals surface area contributed by atoms with E-state index in [2.05, 4.69) is 54.4 Å². The van der Waals surface area contributed by atoms with Gasteiger partial charge in [0.2, 0.25) is 0 Å². The second-order valence-corrected chi connectivity index (χ2v) is 5.20. The van der Waals surface area contributed by atoms with Gasteiger partial charge in [0.1, 0.15) is 0 Å². The standard InChI is InChI=1S/C13H21N.C3H7N.C2H6.C2H2/c1-2-4-6-8-13(7-5-3-1)9-11-14-12-10-13;1-3-4-2;2*1-2/h1-3,5,14H,4,6-12H2;3-4H,1H2,2H3;1-2H3;1-2H/b2-1-,5-3-;;;. The Morgan fingerprint density at radius 1 is 1.09 bits per heavy atom. The van der Waals surface area contributed by atoms with Gasteiger partial charge in [0.05, 0.1) is 0 Å². The van der Waals surface area contributed by atoms with Crippen LogP contribution in [0, 0.1) is 18.3 Å². The van der Waals surface area contributed by atoms with Crippen molar-refractivity contribution in [2.24, 2.45) is 5.41 Å². The molecule has 2 N–H and O–H groups in total. The minimum Gasteiger partial charge on any atom is -0.394 e. The molecule has 2 aliphatic rings. The summed E-state index contributed by atoms with van der Waals surface area (Å²) in [6, 6.07) is 0. The van der Waals surface area contributed by atoms with Crippen molar-refractivity contribution in [1.29, 1.82) is 0 Å². The minimum atomic E-state index is 0.633. The lowest BCUT2D eigenvalue weighted by Gasteiger charge is -2.37. The molecule has 0 unspecified atom stereocenters. The molecular weight excluding hydrogens is 268 g/mol. The predicted octanol–water partition coefficient (Wildman–Crippen LogP) is 4.67. The first-order valence-electron chi connectivity index (χ1n) is 8.47. The third kappa shape index (κ3) is 11.2. The lowest BCUT2D eigenvalue weighted by molar-refractivity contribution is 0.183. The van der Waals surface area contributed by atoms with E-state index in [1.54, 1.807) is 6.20 Å². The van der Waals surface area contributed by atoms with Crippen LogP contribution in [0.4, 0.5) is 0 Å². The first-order valence-corrected chi connectivity index (χ1v) is 8.47. The van der Waals surface area contributed by atoms with Gasteiger partial charge >= 0.3 is 0 Å². The average molecular weight is 305 g/mol. The molecule has 0 amide bonds. The van der Waals surface area contributed by atoms with E-state index in [1.165, 1.54) is 51.6 Å². The fourth-order valence-corrected chi connectivity index (χ4v) is 2.68. The molecule has 1 aliphatic heterocycles. The summed E-state index contributed by atoms with van der Waals surface area (Å²) < 4.78 is 0. The van der Waals surface area contributed by atoms with Crippen LogP contribution >= 0.6 is 0 Å². The number of hydrogen-bond acceptors (Lipinski definition) is 2. The molecule has 1 saturated heterocycles. The van der Waals surface area contributed by atoms with Gasteiger partial charge in [-0.1, -0.05) is 44.7 Å². The number of rotatable bonds is 1. The normalized spacial score (nSPS) is 21.3. The molecule has 2 heteroatoms. The van der Waals surface area contributed by atoms with Crippen LogP contribution in [0.2, 0.25) is 0 Å². The number of hydrogen-bond donors (Lipinski definition) is 2. The molecule has 2 nitrogen and oxygen atoms in total. The van der Waals surface area contributed by atoms with Gasteiger partial charge in [-0.05, 0) is 63.2 Å². The molecule has 0 bridgehead atoms. The molecule has 1 fully saturated rings. The Balaban J connectivity index is 0. The van der Waals surface area contributed by atoms with Crippen molar-refractivity contribution in [1.82, 2.24) is 10.6 Å². The molecule has 1 spiro atoms. The fraction of sp³-hybridized carbons (Fsp3) is 0.600. The van der Waals surface area contributed by atoms with E-state index in [-0.39, 0.29) is 0 Å². The number of terminal acetylenes is 1. The Labute approximate surface area is 139 Å². The van der Waals surface area contributed by atoms with Crippen LogP contribution in [-0.4, -0.2) is 20.1 Å². The van der Waals surface area contributed by atoms with Crippen LogP contribution in [0.15, 0.2) is 37.1 Å². The predicted molar refractivity (Wildman–Crippen MR) is 102 cm³/mol. The molecule has 126 valence electrons. The van der Waals surface area contributed by atoms with Gasteiger partial charge in [0.15, 0.2) is 0 Å². The zero-order valence-electron chi connectivity index (χ0n) is 14.9. The highest BCUT2D eigenvalue weighted by Gasteiger charge is 2.29. The largest absolute Gasteiger partial charge is 0.394 e. The van der Waals surface area contributed by atoms with E-state index in [1.807, 2.05) is 20.9 Å². The first kappa shape index (κ1) is 22.8.